The number of hydrogen-bond donors (Lipinski definition) is 2. The summed E-state index contributed by atoms with van der Waals surface area (Å²) in [4.78, 5) is 25.5. The third-order valence-corrected chi connectivity index (χ3v) is 5.12. The standard InChI is InChI=1S/C23H19F2NO7/c1-11-5-17(27)21(23(29)33-11)14(9-20(28)26-16-4-3-13(24)8-15(16)25)12-6-18(30-2)22-19(7-12)31-10-32-22/h3-8,14,27H,9-10H2,1-2H3,(H,26,28)/t14-/m1/s1. The number of aromatic hydroxyl groups is 1. The van der Waals surface area contributed by atoms with Crippen molar-refractivity contribution in [3.63, 3.8) is 0 Å². The molecule has 0 bridgehead atoms. The highest BCUT2D eigenvalue weighted by Crippen LogP contribution is 2.45. The van der Waals surface area contributed by atoms with Crippen LogP contribution in [0, 0.1) is 18.6 Å². The van der Waals surface area contributed by atoms with E-state index in [1.54, 1.807) is 12.1 Å². The minimum Gasteiger partial charge on any atom is -0.507 e. The molecular formula is C23H19F2NO7. The number of amides is 1. The monoisotopic (exact) mass is 459 g/mol. The van der Waals surface area contributed by atoms with Crippen LogP contribution in [0.2, 0.25) is 0 Å². The second kappa shape index (κ2) is 8.81. The Morgan fingerprint density at radius 2 is 2.00 bits per heavy atom. The van der Waals surface area contributed by atoms with E-state index in [1.807, 2.05) is 0 Å². The van der Waals surface area contributed by atoms with Crippen molar-refractivity contribution in [2.45, 2.75) is 19.3 Å². The van der Waals surface area contributed by atoms with Gasteiger partial charge in [-0.2, -0.15) is 0 Å². The zero-order chi connectivity index (χ0) is 23.7. The van der Waals surface area contributed by atoms with Crippen LogP contribution >= 0.6 is 0 Å². The summed E-state index contributed by atoms with van der Waals surface area (Å²) >= 11 is 0. The van der Waals surface area contributed by atoms with Crippen LogP contribution in [-0.2, 0) is 4.79 Å². The smallest absolute Gasteiger partial charge is 0.343 e. The van der Waals surface area contributed by atoms with Crippen LogP contribution in [0.4, 0.5) is 14.5 Å². The van der Waals surface area contributed by atoms with Crippen LogP contribution in [0.25, 0.3) is 0 Å². The topological polar surface area (TPSA) is 107 Å². The number of aryl methyl sites for hydroxylation is 1. The minimum absolute atomic E-state index is 0.0396. The lowest BCUT2D eigenvalue weighted by Crippen LogP contribution is -2.21. The van der Waals surface area contributed by atoms with Gasteiger partial charge in [0.05, 0.1) is 18.4 Å². The molecule has 0 fully saturated rings. The molecule has 0 unspecified atom stereocenters. The van der Waals surface area contributed by atoms with Gasteiger partial charge in [-0.3, -0.25) is 4.79 Å². The summed E-state index contributed by atoms with van der Waals surface area (Å²) in [5.74, 6) is -2.66. The summed E-state index contributed by atoms with van der Waals surface area (Å²) in [7, 11) is 1.41. The van der Waals surface area contributed by atoms with Crippen LogP contribution in [-0.4, -0.2) is 24.9 Å². The van der Waals surface area contributed by atoms with Gasteiger partial charge in [-0.25, -0.2) is 13.6 Å². The largest absolute Gasteiger partial charge is 0.507 e. The number of halogens is 2. The maximum absolute atomic E-state index is 14.0. The molecule has 172 valence electrons. The third kappa shape index (κ3) is 4.45. The molecule has 2 N–H and O–H groups in total. The summed E-state index contributed by atoms with van der Waals surface area (Å²) in [6.07, 6.45) is -0.388. The molecule has 8 nitrogen and oxygen atoms in total. The Morgan fingerprint density at radius 3 is 2.70 bits per heavy atom. The SMILES string of the molecule is COc1cc([C@@H](CC(=O)Nc2ccc(F)cc2F)c2c(O)cc(C)oc2=O)cc2c1OCO2. The second-order valence-electron chi connectivity index (χ2n) is 7.33. The van der Waals surface area contributed by atoms with Crippen molar-refractivity contribution in [2.75, 3.05) is 19.2 Å². The fraction of sp³-hybridized carbons (Fsp3) is 0.217. The molecule has 0 saturated heterocycles. The van der Waals surface area contributed by atoms with E-state index in [2.05, 4.69) is 5.32 Å². The first kappa shape index (κ1) is 22.1. The van der Waals surface area contributed by atoms with E-state index in [0.29, 0.717) is 28.9 Å². The number of benzene rings is 2. The molecule has 1 aromatic heterocycles. The first-order chi connectivity index (χ1) is 15.8. The molecule has 0 spiro atoms. The molecule has 33 heavy (non-hydrogen) atoms. The van der Waals surface area contributed by atoms with Gasteiger partial charge in [0.2, 0.25) is 18.4 Å². The zero-order valence-corrected chi connectivity index (χ0v) is 17.6. The van der Waals surface area contributed by atoms with Gasteiger partial charge < -0.3 is 29.1 Å². The van der Waals surface area contributed by atoms with Crippen LogP contribution in [0.5, 0.6) is 23.0 Å². The number of rotatable bonds is 6. The number of methoxy groups -OCH3 is 1. The summed E-state index contributed by atoms with van der Waals surface area (Å²) < 4.78 is 48.5. The number of carbonyl (C=O) groups excluding carboxylic acids is 1. The van der Waals surface area contributed by atoms with Crippen LogP contribution in [0.3, 0.4) is 0 Å². The Balaban J connectivity index is 1.76. The molecule has 0 radical (unpaired) electrons. The molecule has 0 aliphatic carbocycles. The Bertz CT molecular complexity index is 1290. The Labute approximate surface area is 186 Å². The lowest BCUT2D eigenvalue weighted by Gasteiger charge is -2.19. The van der Waals surface area contributed by atoms with Crippen LogP contribution < -0.4 is 25.2 Å². The highest BCUT2D eigenvalue weighted by Gasteiger charge is 2.30. The number of nitrogens with one attached hydrogen (secondary N) is 1. The van der Waals surface area contributed by atoms with E-state index >= 15 is 0 Å². The summed E-state index contributed by atoms with van der Waals surface area (Å²) in [6.45, 7) is 1.45. The second-order valence-corrected chi connectivity index (χ2v) is 7.33. The van der Waals surface area contributed by atoms with Gasteiger partial charge >= 0.3 is 5.63 Å². The predicted octanol–water partition coefficient (Wildman–Crippen LogP) is 3.83. The van der Waals surface area contributed by atoms with Gasteiger partial charge in [0.25, 0.3) is 0 Å². The zero-order valence-electron chi connectivity index (χ0n) is 17.6. The Hall–Kier alpha value is -4.08. The Morgan fingerprint density at radius 1 is 1.21 bits per heavy atom. The van der Waals surface area contributed by atoms with Crippen LogP contribution in [0.15, 0.2) is 45.6 Å². The predicted molar refractivity (Wildman–Crippen MR) is 112 cm³/mol. The van der Waals surface area contributed by atoms with Gasteiger partial charge in [-0.05, 0) is 36.8 Å². The van der Waals surface area contributed by atoms with Gasteiger partial charge in [-0.1, -0.05) is 0 Å². The highest BCUT2D eigenvalue weighted by atomic mass is 19.1. The van der Waals surface area contributed by atoms with E-state index in [1.165, 1.54) is 20.1 Å². The fourth-order valence-electron chi connectivity index (χ4n) is 3.64. The van der Waals surface area contributed by atoms with E-state index in [0.717, 1.165) is 12.1 Å². The normalized spacial score (nSPS) is 13.0. The van der Waals surface area contributed by atoms with E-state index in [4.69, 9.17) is 18.6 Å². The molecule has 1 aliphatic rings. The molecule has 1 aliphatic heterocycles. The molecule has 0 saturated carbocycles. The van der Waals surface area contributed by atoms with Gasteiger partial charge in [0.1, 0.15) is 23.1 Å². The van der Waals surface area contributed by atoms with E-state index in [9.17, 15) is 23.5 Å². The number of anilines is 1. The number of hydrogen-bond acceptors (Lipinski definition) is 7. The van der Waals surface area contributed by atoms with Gasteiger partial charge in [0, 0.05) is 24.5 Å². The van der Waals surface area contributed by atoms with Crippen molar-refractivity contribution >= 4 is 11.6 Å². The first-order valence-electron chi connectivity index (χ1n) is 9.83. The minimum atomic E-state index is -1.02. The van der Waals surface area contributed by atoms with E-state index < -0.39 is 29.1 Å². The third-order valence-electron chi connectivity index (χ3n) is 5.12. The summed E-state index contributed by atoms with van der Waals surface area (Å²) in [5, 5.41) is 12.9. The van der Waals surface area contributed by atoms with Crippen molar-refractivity contribution < 1.29 is 37.3 Å². The van der Waals surface area contributed by atoms with Gasteiger partial charge in [-0.15, -0.1) is 0 Å². The molecule has 3 aromatic rings. The van der Waals surface area contributed by atoms with Crippen molar-refractivity contribution in [1.29, 1.82) is 0 Å². The Kier molecular flexibility index (Phi) is 5.91. The van der Waals surface area contributed by atoms with Crippen molar-refractivity contribution in [1.82, 2.24) is 0 Å². The van der Waals surface area contributed by atoms with Crippen molar-refractivity contribution in [2.24, 2.45) is 0 Å². The lowest BCUT2D eigenvalue weighted by molar-refractivity contribution is -0.116. The summed E-state index contributed by atoms with van der Waals surface area (Å²) in [6, 6.07) is 7.07. The fourth-order valence-corrected chi connectivity index (χ4v) is 3.64. The molecule has 10 heteroatoms. The van der Waals surface area contributed by atoms with Crippen molar-refractivity contribution in [3.05, 3.63) is 75.3 Å². The van der Waals surface area contributed by atoms with Crippen LogP contribution in [0.1, 0.15) is 29.2 Å². The van der Waals surface area contributed by atoms with E-state index in [-0.39, 0.29) is 36.0 Å². The molecule has 4 rings (SSSR count). The number of carbonyl (C=O) groups is 1. The average Bonchev–Trinajstić information content (AvgIpc) is 3.22. The average molecular weight is 459 g/mol. The molecule has 1 atom stereocenters. The molecule has 2 heterocycles. The summed E-state index contributed by atoms with van der Waals surface area (Å²) in [5.41, 5.74) is -0.855. The maximum Gasteiger partial charge on any atom is 0.343 e. The quantitative estimate of drug-likeness (QED) is 0.577. The van der Waals surface area contributed by atoms with Gasteiger partial charge in [0.15, 0.2) is 11.5 Å². The molecular weight excluding hydrogens is 440 g/mol. The molecule has 1 amide bonds. The first-order valence-corrected chi connectivity index (χ1v) is 9.83. The molecule has 2 aromatic carbocycles. The highest BCUT2D eigenvalue weighted by molar-refractivity contribution is 5.91. The lowest BCUT2D eigenvalue weighted by atomic mass is 9.88. The number of fused-ring (bicyclic) bond motifs is 1. The maximum atomic E-state index is 14.0. The van der Waals surface area contributed by atoms with Crippen molar-refractivity contribution in [3.8, 4) is 23.0 Å². The number of ether oxygens (including phenoxy) is 3.